The molecule has 1 aromatic carbocycles. The number of esters is 1. The number of ether oxygens (including phenoxy) is 1. The van der Waals surface area contributed by atoms with Gasteiger partial charge >= 0.3 is 5.97 Å². The Kier molecular flexibility index (Phi) is 3.28. The first kappa shape index (κ1) is 12.5. The van der Waals surface area contributed by atoms with Gasteiger partial charge in [-0.2, -0.15) is 0 Å². The van der Waals surface area contributed by atoms with E-state index in [0.29, 0.717) is 11.1 Å². The van der Waals surface area contributed by atoms with Gasteiger partial charge in [0.1, 0.15) is 0 Å². The molecule has 0 saturated heterocycles. The smallest absolute Gasteiger partial charge is 0.303 e. The minimum Gasteiger partial charge on any atom is -0.446 e. The van der Waals surface area contributed by atoms with Crippen LogP contribution in [0.25, 0.3) is 0 Å². The van der Waals surface area contributed by atoms with Gasteiger partial charge in [0, 0.05) is 18.1 Å². The van der Waals surface area contributed by atoms with E-state index in [9.17, 15) is 14.4 Å². The summed E-state index contributed by atoms with van der Waals surface area (Å²) in [6.45, 7) is 3.20. The van der Waals surface area contributed by atoms with Crippen LogP contribution in [-0.4, -0.2) is 23.6 Å². The second-order valence-corrected chi connectivity index (χ2v) is 4.31. The zero-order chi connectivity index (χ0) is 13.3. The highest BCUT2D eigenvalue weighted by Gasteiger charge is 2.42. The molecule has 1 aliphatic rings. The Morgan fingerprint density at radius 2 is 2.00 bits per heavy atom. The van der Waals surface area contributed by atoms with Crippen LogP contribution in [0.15, 0.2) is 18.2 Å². The third-order valence-electron chi connectivity index (χ3n) is 2.94. The molecule has 0 spiro atoms. The van der Waals surface area contributed by atoms with Crippen LogP contribution in [0.4, 0.5) is 0 Å². The Morgan fingerprint density at radius 1 is 1.28 bits per heavy atom. The van der Waals surface area contributed by atoms with Crippen molar-refractivity contribution in [1.82, 2.24) is 0 Å². The van der Waals surface area contributed by atoms with E-state index in [4.69, 9.17) is 4.74 Å². The van der Waals surface area contributed by atoms with Crippen molar-refractivity contribution >= 4 is 17.5 Å². The molecule has 1 unspecified atom stereocenters. The van der Waals surface area contributed by atoms with Gasteiger partial charge in [-0.1, -0.05) is 31.5 Å². The molecule has 0 aliphatic heterocycles. The summed E-state index contributed by atoms with van der Waals surface area (Å²) in [5.41, 5.74) is 1.65. The number of hydrogen-bond acceptors (Lipinski definition) is 4. The van der Waals surface area contributed by atoms with Crippen molar-refractivity contribution in [2.24, 2.45) is 0 Å². The highest BCUT2D eigenvalue weighted by atomic mass is 16.5. The molecule has 0 bridgehead atoms. The summed E-state index contributed by atoms with van der Waals surface area (Å²) in [7, 11) is 0. The summed E-state index contributed by atoms with van der Waals surface area (Å²) < 4.78 is 4.81. The number of hydrogen-bond donors (Lipinski definition) is 0. The maximum absolute atomic E-state index is 12.1. The lowest BCUT2D eigenvalue weighted by Gasteiger charge is -2.07. The topological polar surface area (TPSA) is 60.4 Å². The molecule has 4 nitrogen and oxygen atoms in total. The highest BCUT2D eigenvalue weighted by molar-refractivity contribution is 6.29. The maximum Gasteiger partial charge on any atom is 0.303 e. The lowest BCUT2D eigenvalue weighted by molar-refractivity contribution is -0.142. The van der Waals surface area contributed by atoms with Crippen molar-refractivity contribution in [1.29, 1.82) is 0 Å². The second kappa shape index (κ2) is 4.72. The van der Waals surface area contributed by atoms with E-state index in [1.165, 1.54) is 6.92 Å². The lowest BCUT2D eigenvalue weighted by Crippen LogP contribution is -2.27. The molecule has 18 heavy (non-hydrogen) atoms. The SMILES string of the molecule is CCCc1cccc2c1C(=O)C(OC(C)=O)C2=O. The Hall–Kier alpha value is -1.97. The van der Waals surface area contributed by atoms with E-state index >= 15 is 0 Å². The summed E-state index contributed by atoms with van der Waals surface area (Å²) in [6.07, 6.45) is 0.334. The lowest BCUT2D eigenvalue weighted by atomic mass is 9.99. The molecule has 94 valence electrons. The van der Waals surface area contributed by atoms with Crippen molar-refractivity contribution in [3.63, 3.8) is 0 Å². The number of carbonyl (C=O) groups is 3. The van der Waals surface area contributed by atoms with E-state index in [1.807, 2.05) is 13.0 Å². The minimum absolute atomic E-state index is 0.372. The molecule has 0 fully saturated rings. The Morgan fingerprint density at radius 3 is 2.61 bits per heavy atom. The van der Waals surface area contributed by atoms with Crippen molar-refractivity contribution in [3.05, 3.63) is 34.9 Å². The maximum atomic E-state index is 12.1. The molecule has 0 amide bonds. The van der Waals surface area contributed by atoms with Crippen molar-refractivity contribution in [3.8, 4) is 0 Å². The highest BCUT2D eigenvalue weighted by Crippen LogP contribution is 2.28. The summed E-state index contributed by atoms with van der Waals surface area (Å²) >= 11 is 0. The van der Waals surface area contributed by atoms with Crippen LogP contribution in [0.3, 0.4) is 0 Å². The molecule has 0 saturated carbocycles. The van der Waals surface area contributed by atoms with E-state index in [0.717, 1.165) is 18.4 Å². The second-order valence-electron chi connectivity index (χ2n) is 4.31. The monoisotopic (exact) mass is 246 g/mol. The van der Waals surface area contributed by atoms with Gasteiger partial charge in [0.25, 0.3) is 0 Å². The van der Waals surface area contributed by atoms with Crippen molar-refractivity contribution in [2.45, 2.75) is 32.8 Å². The first-order valence-electron chi connectivity index (χ1n) is 5.93. The predicted molar refractivity (Wildman–Crippen MR) is 64.7 cm³/mol. The molecule has 0 radical (unpaired) electrons. The Balaban J connectivity index is 2.45. The largest absolute Gasteiger partial charge is 0.446 e. The number of benzene rings is 1. The first-order chi connectivity index (χ1) is 8.56. The molecule has 2 rings (SSSR count). The van der Waals surface area contributed by atoms with Crippen molar-refractivity contribution in [2.75, 3.05) is 0 Å². The van der Waals surface area contributed by atoms with Crippen LogP contribution < -0.4 is 0 Å². The molecular weight excluding hydrogens is 232 g/mol. The van der Waals surface area contributed by atoms with Crippen LogP contribution >= 0.6 is 0 Å². The molecule has 1 aliphatic carbocycles. The number of ketones is 2. The summed E-state index contributed by atoms with van der Waals surface area (Å²) in [5, 5.41) is 0. The minimum atomic E-state index is -1.28. The summed E-state index contributed by atoms with van der Waals surface area (Å²) in [4.78, 5) is 35.1. The predicted octanol–water partition coefficient (Wildman–Crippen LogP) is 1.95. The first-order valence-corrected chi connectivity index (χ1v) is 5.93. The van der Waals surface area contributed by atoms with Gasteiger partial charge in [-0.3, -0.25) is 14.4 Å². The normalized spacial score (nSPS) is 17.8. The van der Waals surface area contributed by atoms with Crippen LogP contribution in [0.2, 0.25) is 0 Å². The number of carbonyl (C=O) groups excluding carboxylic acids is 3. The third-order valence-corrected chi connectivity index (χ3v) is 2.94. The Bertz CT molecular complexity index is 531. The number of rotatable bonds is 3. The molecule has 1 atom stereocenters. The van der Waals surface area contributed by atoms with Gasteiger partial charge in [-0.25, -0.2) is 0 Å². The van der Waals surface area contributed by atoms with E-state index in [1.54, 1.807) is 12.1 Å². The average molecular weight is 246 g/mol. The van der Waals surface area contributed by atoms with Gasteiger partial charge in [0.05, 0.1) is 0 Å². The van der Waals surface area contributed by atoms with E-state index in [2.05, 4.69) is 0 Å². The van der Waals surface area contributed by atoms with Gasteiger partial charge in [-0.05, 0) is 12.0 Å². The number of Topliss-reactive ketones (excluding diaryl/α,β-unsaturated/α-hetero) is 2. The van der Waals surface area contributed by atoms with E-state index < -0.39 is 23.6 Å². The standard InChI is InChI=1S/C14H14O4/c1-3-5-9-6-4-7-10-11(9)13(17)14(12(10)16)18-8(2)15/h4,6-7,14H,3,5H2,1-2H3. The molecule has 0 N–H and O–H groups in total. The molecule has 0 heterocycles. The zero-order valence-electron chi connectivity index (χ0n) is 10.4. The van der Waals surface area contributed by atoms with E-state index in [-0.39, 0.29) is 0 Å². The third kappa shape index (κ3) is 1.94. The van der Waals surface area contributed by atoms with Crippen LogP contribution in [-0.2, 0) is 16.0 Å². The molecule has 4 heteroatoms. The molecule has 1 aromatic rings. The van der Waals surface area contributed by atoms with Gasteiger partial charge in [0.2, 0.25) is 17.7 Å². The number of aryl methyl sites for hydroxylation is 1. The summed E-state index contributed by atoms with van der Waals surface area (Å²) in [6, 6.07) is 5.20. The van der Waals surface area contributed by atoms with Crippen molar-refractivity contribution < 1.29 is 19.1 Å². The zero-order valence-corrected chi connectivity index (χ0v) is 10.4. The fraction of sp³-hybridized carbons (Fsp3) is 0.357. The Labute approximate surface area is 105 Å². The number of fused-ring (bicyclic) bond motifs is 1. The van der Waals surface area contributed by atoms with Crippen LogP contribution in [0.1, 0.15) is 46.5 Å². The molecule has 0 aromatic heterocycles. The fourth-order valence-corrected chi connectivity index (χ4v) is 2.24. The quantitative estimate of drug-likeness (QED) is 0.604. The summed E-state index contributed by atoms with van der Waals surface area (Å²) in [5.74, 6) is -1.43. The van der Waals surface area contributed by atoms with Gasteiger partial charge in [0.15, 0.2) is 0 Å². The average Bonchev–Trinajstić information content (AvgIpc) is 2.56. The van der Waals surface area contributed by atoms with Crippen LogP contribution in [0.5, 0.6) is 0 Å². The van der Waals surface area contributed by atoms with Crippen LogP contribution in [0, 0.1) is 0 Å². The fourth-order valence-electron chi connectivity index (χ4n) is 2.24. The molecular formula is C14H14O4. The van der Waals surface area contributed by atoms with Gasteiger partial charge < -0.3 is 4.74 Å². The van der Waals surface area contributed by atoms with Gasteiger partial charge in [-0.15, -0.1) is 0 Å².